The Morgan fingerprint density at radius 2 is 1.88 bits per heavy atom. The van der Waals surface area contributed by atoms with E-state index in [-0.39, 0.29) is 10.8 Å². The van der Waals surface area contributed by atoms with Gasteiger partial charge in [-0.1, -0.05) is 28.9 Å². The van der Waals surface area contributed by atoms with E-state index < -0.39 is 21.9 Å². The second-order valence-electron chi connectivity index (χ2n) is 5.62. The Kier molecular flexibility index (Phi) is 4.65. The van der Waals surface area contributed by atoms with E-state index in [2.05, 4.69) is 14.9 Å². The van der Waals surface area contributed by atoms with Gasteiger partial charge in [0.1, 0.15) is 5.82 Å². The van der Waals surface area contributed by atoms with Gasteiger partial charge in [-0.2, -0.15) is 9.71 Å². The van der Waals surface area contributed by atoms with Crippen LogP contribution >= 0.6 is 0 Å². The lowest BCUT2D eigenvalue weighted by molar-refractivity contribution is 0.354. The molecule has 0 radical (unpaired) electrons. The highest BCUT2D eigenvalue weighted by Crippen LogP contribution is 2.21. The number of rotatable bonds is 5. The maximum absolute atomic E-state index is 12.9. The van der Waals surface area contributed by atoms with Crippen molar-refractivity contribution in [3.05, 3.63) is 65.8 Å². The number of halogens is 1. The fourth-order valence-electron chi connectivity index (χ4n) is 2.28. The number of aryl methyl sites for hydroxylation is 1. The molecule has 130 valence electrons. The molecule has 0 fully saturated rings. The van der Waals surface area contributed by atoms with Crippen molar-refractivity contribution in [1.82, 2.24) is 14.9 Å². The molecule has 1 aromatic heterocycles. The Hall–Kier alpha value is -2.58. The molecular weight excluding hydrogens is 345 g/mol. The molecule has 0 spiro atoms. The molecule has 1 unspecified atom stereocenters. The molecule has 1 heterocycles. The van der Waals surface area contributed by atoms with Gasteiger partial charge in [0.05, 0.1) is 10.9 Å². The Balaban J connectivity index is 1.80. The highest BCUT2D eigenvalue weighted by Gasteiger charge is 2.22. The molecule has 0 bridgehead atoms. The van der Waals surface area contributed by atoms with Gasteiger partial charge >= 0.3 is 0 Å². The Bertz CT molecular complexity index is 984. The minimum atomic E-state index is -3.83. The van der Waals surface area contributed by atoms with Crippen molar-refractivity contribution >= 4 is 10.0 Å². The summed E-state index contributed by atoms with van der Waals surface area (Å²) < 4.78 is 45.2. The smallest absolute Gasteiger partial charge is 0.244 e. The van der Waals surface area contributed by atoms with E-state index >= 15 is 0 Å². The number of aromatic nitrogens is 2. The Labute approximate surface area is 144 Å². The van der Waals surface area contributed by atoms with E-state index in [1.165, 1.54) is 12.1 Å². The summed E-state index contributed by atoms with van der Waals surface area (Å²) in [4.78, 5) is 4.21. The summed E-state index contributed by atoms with van der Waals surface area (Å²) in [5.74, 6) is 0.0143. The summed E-state index contributed by atoms with van der Waals surface area (Å²) in [5.41, 5.74) is 1.83. The third kappa shape index (κ3) is 3.92. The van der Waals surface area contributed by atoms with Crippen molar-refractivity contribution in [1.29, 1.82) is 0 Å². The lowest BCUT2D eigenvalue weighted by Crippen LogP contribution is -2.27. The molecule has 0 saturated carbocycles. The number of benzene rings is 2. The molecule has 1 N–H and O–H groups in total. The number of hydrogen-bond acceptors (Lipinski definition) is 5. The van der Waals surface area contributed by atoms with Crippen molar-refractivity contribution in [3.8, 4) is 11.4 Å². The molecule has 0 aliphatic rings. The minimum absolute atomic E-state index is 0.0424. The zero-order valence-electron chi connectivity index (χ0n) is 13.6. The summed E-state index contributed by atoms with van der Waals surface area (Å²) in [6.07, 6.45) is 0. The molecule has 3 aromatic rings. The average Bonchev–Trinajstić information content (AvgIpc) is 3.05. The molecule has 0 aliphatic carbocycles. The van der Waals surface area contributed by atoms with Gasteiger partial charge in [-0.15, -0.1) is 0 Å². The first kappa shape index (κ1) is 17.2. The van der Waals surface area contributed by atoms with Crippen molar-refractivity contribution < 1.29 is 17.3 Å². The molecule has 3 rings (SSSR count). The van der Waals surface area contributed by atoms with Crippen LogP contribution in [-0.4, -0.2) is 18.6 Å². The van der Waals surface area contributed by atoms with E-state index in [0.29, 0.717) is 5.82 Å². The maximum atomic E-state index is 12.9. The molecule has 8 heteroatoms. The highest BCUT2D eigenvalue weighted by molar-refractivity contribution is 7.89. The van der Waals surface area contributed by atoms with Crippen molar-refractivity contribution in [2.45, 2.75) is 24.8 Å². The number of nitrogens with zero attached hydrogens (tertiary/aromatic N) is 2. The van der Waals surface area contributed by atoms with Gasteiger partial charge < -0.3 is 4.52 Å². The second kappa shape index (κ2) is 6.73. The molecular formula is C17H16FN3O3S. The van der Waals surface area contributed by atoms with Gasteiger partial charge in [0, 0.05) is 5.56 Å². The minimum Gasteiger partial charge on any atom is -0.337 e. The lowest BCUT2D eigenvalue weighted by atomic mass is 10.1. The Morgan fingerprint density at radius 3 is 2.56 bits per heavy atom. The van der Waals surface area contributed by atoms with Crippen LogP contribution < -0.4 is 4.72 Å². The highest BCUT2D eigenvalue weighted by atomic mass is 32.2. The van der Waals surface area contributed by atoms with Gasteiger partial charge in [0.15, 0.2) is 0 Å². The fraction of sp³-hybridized carbons (Fsp3) is 0.176. The van der Waals surface area contributed by atoms with Crippen LogP contribution in [0.4, 0.5) is 4.39 Å². The third-order valence-electron chi connectivity index (χ3n) is 3.54. The van der Waals surface area contributed by atoms with Crippen molar-refractivity contribution in [2.75, 3.05) is 0 Å². The van der Waals surface area contributed by atoms with E-state index in [0.717, 1.165) is 23.3 Å². The summed E-state index contributed by atoms with van der Waals surface area (Å²) >= 11 is 0. The van der Waals surface area contributed by atoms with Crippen LogP contribution in [0.5, 0.6) is 0 Å². The van der Waals surface area contributed by atoms with Gasteiger partial charge in [0.25, 0.3) is 0 Å². The van der Waals surface area contributed by atoms with Crippen LogP contribution in [0.25, 0.3) is 11.4 Å². The van der Waals surface area contributed by atoms with Crippen molar-refractivity contribution in [3.63, 3.8) is 0 Å². The average molecular weight is 361 g/mol. The van der Waals surface area contributed by atoms with Crippen LogP contribution in [0.3, 0.4) is 0 Å². The van der Waals surface area contributed by atoms with Gasteiger partial charge in [0.2, 0.25) is 21.7 Å². The standard InChI is InChI=1S/C17H16FN3O3S/c1-11-4-3-5-13(10-11)16-19-17(24-20-16)12(2)21-25(22,23)15-8-6-14(18)7-9-15/h3-10,12,21H,1-2H3. The van der Waals surface area contributed by atoms with E-state index in [4.69, 9.17) is 4.52 Å². The zero-order valence-corrected chi connectivity index (χ0v) is 14.4. The van der Waals surface area contributed by atoms with E-state index in [9.17, 15) is 12.8 Å². The first-order valence-electron chi connectivity index (χ1n) is 7.54. The van der Waals surface area contributed by atoms with Gasteiger partial charge in [-0.25, -0.2) is 12.8 Å². The maximum Gasteiger partial charge on any atom is 0.244 e. The van der Waals surface area contributed by atoms with Crippen LogP contribution in [0.15, 0.2) is 57.9 Å². The number of nitrogens with one attached hydrogen (secondary N) is 1. The largest absolute Gasteiger partial charge is 0.337 e. The van der Waals surface area contributed by atoms with Gasteiger partial charge in [-0.3, -0.25) is 0 Å². The number of hydrogen-bond donors (Lipinski definition) is 1. The summed E-state index contributed by atoms with van der Waals surface area (Å²) in [7, 11) is -3.83. The van der Waals surface area contributed by atoms with Crippen LogP contribution in [-0.2, 0) is 10.0 Å². The summed E-state index contributed by atoms with van der Waals surface area (Å²) in [5, 5.41) is 3.89. The molecule has 1 atom stereocenters. The second-order valence-corrected chi connectivity index (χ2v) is 7.34. The third-order valence-corrected chi connectivity index (χ3v) is 5.10. The first-order chi connectivity index (χ1) is 11.8. The zero-order chi connectivity index (χ0) is 18.0. The molecule has 0 amide bonds. The molecule has 2 aromatic carbocycles. The topological polar surface area (TPSA) is 85.1 Å². The molecule has 25 heavy (non-hydrogen) atoms. The van der Waals surface area contributed by atoms with Gasteiger partial charge in [-0.05, 0) is 44.2 Å². The van der Waals surface area contributed by atoms with E-state index in [1.807, 2.05) is 31.2 Å². The van der Waals surface area contributed by atoms with E-state index in [1.54, 1.807) is 6.92 Å². The fourth-order valence-corrected chi connectivity index (χ4v) is 3.47. The van der Waals surface area contributed by atoms with Crippen LogP contribution in [0.1, 0.15) is 24.4 Å². The summed E-state index contributed by atoms with van der Waals surface area (Å²) in [6.45, 7) is 3.54. The number of sulfonamides is 1. The SMILES string of the molecule is Cc1cccc(-c2noc(C(C)NS(=O)(=O)c3ccc(F)cc3)n2)c1. The quantitative estimate of drug-likeness (QED) is 0.754. The lowest BCUT2D eigenvalue weighted by Gasteiger charge is -2.10. The Morgan fingerprint density at radius 1 is 1.16 bits per heavy atom. The van der Waals surface area contributed by atoms with Crippen molar-refractivity contribution in [2.24, 2.45) is 0 Å². The monoisotopic (exact) mass is 361 g/mol. The predicted molar refractivity (Wildman–Crippen MR) is 89.6 cm³/mol. The summed E-state index contributed by atoms with van der Waals surface area (Å²) in [6, 6.07) is 11.4. The first-order valence-corrected chi connectivity index (χ1v) is 9.02. The predicted octanol–water partition coefficient (Wildman–Crippen LogP) is 3.22. The molecule has 0 aliphatic heterocycles. The molecule has 0 saturated heterocycles. The normalized spacial score (nSPS) is 12.9. The van der Waals surface area contributed by atoms with Crippen LogP contribution in [0, 0.1) is 12.7 Å². The molecule has 6 nitrogen and oxygen atoms in total. The van der Waals surface area contributed by atoms with Crippen LogP contribution in [0.2, 0.25) is 0 Å².